The maximum Gasteiger partial charge on any atom is 0.260 e. The van der Waals surface area contributed by atoms with E-state index in [0.29, 0.717) is 5.39 Å². The second-order valence-corrected chi connectivity index (χ2v) is 8.51. The first-order chi connectivity index (χ1) is 12.8. The van der Waals surface area contributed by atoms with Crippen LogP contribution in [0, 0.1) is 11.8 Å². The highest BCUT2D eigenvalue weighted by atomic mass is 32.1. The molecule has 136 valence electrons. The molecule has 3 aromatic rings. The number of hydrogen-bond donors (Lipinski definition) is 1. The van der Waals surface area contributed by atoms with Crippen LogP contribution >= 0.6 is 11.3 Å². The molecule has 0 bridgehead atoms. The molecule has 0 aromatic carbocycles. The molecule has 3 aromatic heterocycles. The Kier molecular flexibility index (Phi) is 4.17. The molecule has 2 fully saturated rings. The summed E-state index contributed by atoms with van der Waals surface area (Å²) in [5.41, 5.74) is 0.767. The lowest BCUT2D eigenvalue weighted by Crippen LogP contribution is -2.41. The van der Waals surface area contributed by atoms with Crippen LogP contribution < -0.4 is 5.56 Å². The molecule has 2 aliphatic rings. The molecule has 2 unspecified atom stereocenters. The number of hydrogen-bond acceptors (Lipinski definition) is 5. The van der Waals surface area contributed by atoms with Crippen molar-refractivity contribution in [2.45, 2.75) is 38.6 Å². The summed E-state index contributed by atoms with van der Waals surface area (Å²) in [6.45, 7) is 3.00. The lowest BCUT2D eigenvalue weighted by Gasteiger charge is -2.41. The topological polar surface area (TPSA) is 62.1 Å². The molecule has 26 heavy (non-hydrogen) atoms. The van der Waals surface area contributed by atoms with Crippen molar-refractivity contribution in [1.82, 2.24) is 14.9 Å². The van der Waals surface area contributed by atoms with E-state index in [2.05, 4.69) is 9.88 Å². The van der Waals surface area contributed by atoms with E-state index >= 15 is 0 Å². The molecule has 4 heterocycles. The minimum atomic E-state index is -0.0646. The number of furan rings is 1. The van der Waals surface area contributed by atoms with E-state index in [1.165, 1.54) is 43.4 Å². The SMILES string of the molecule is O=c1[nH]c(CN2CCC3CCCCC3C2)nc2scc(-c3ccco3)c12. The van der Waals surface area contributed by atoms with Crippen molar-refractivity contribution in [3.63, 3.8) is 0 Å². The smallest absolute Gasteiger partial charge is 0.260 e. The number of aromatic nitrogens is 2. The second-order valence-electron chi connectivity index (χ2n) is 7.65. The van der Waals surface area contributed by atoms with E-state index in [9.17, 15) is 4.79 Å². The maximum absolute atomic E-state index is 12.7. The molecule has 2 atom stereocenters. The van der Waals surface area contributed by atoms with E-state index in [1.807, 2.05) is 17.5 Å². The number of piperidine rings is 1. The Hall–Kier alpha value is -1.92. The first kappa shape index (κ1) is 16.3. The van der Waals surface area contributed by atoms with Gasteiger partial charge in [-0.25, -0.2) is 4.98 Å². The van der Waals surface area contributed by atoms with Crippen LogP contribution in [0.3, 0.4) is 0 Å². The van der Waals surface area contributed by atoms with Gasteiger partial charge in [-0.05, 0) is 43.4 Å². The van der Waals surface area contributed by atoms with Gasteiger partial charge < -0.3 is 9.40 Å². The molecule has 1 aliphatic carbocycles. The third-order valence-corrected chi connectivity index (χ3v) is 6.90. The molecule has 5 rings (SSSR count). The molecular formula is C20H23N3O2S. The standard InChI is InChI=1S/C20H23N3O2S/c24-19-18-15(16-6-3-9-25-16)12-26-20(18)22-17(21-19)11-23-8-7-13-4-1-2-5-14(13)10-23/h3,6,9,12-14H,1-2,4-5,7-8,10-11H2,(H,21,22,24). The number of nitrogens with one attached hydrogen (secondary N) is 1. The summed E-state index contributed by atoms with van der Waals surface area (Å²) in [7, 11) is 0. The van der Waals surface area contributed by atoms with Gasteiger partial charge in [0, 0.05) is 17.5 Å². The van der Waals surface area contributed by atoms with Crippen LogP contribution in [0.4, 0.5) is 0 Å². The second kappa shape index (κ2) is 6.67. The molecular weight excluding hydrogens is 346 g/mol. The Morgan fingerprint density at radius 3 is 3.00 bits per heavy atom. The Morgan fingerprint density at radius 2 is 2.15 bits per heavy atom. The fourth-order valence-electron chi connectivity index (χ4n) is 4.71. The van der Waals surface area contributed by atoms with E-state index in [4.69, 9.17) is 9.40 Å². The Bertz CT molecular complexity index is 959. The number of nitrogens with zero attached hydrogens (tertiary/aromatic N) is 2. The molecule has 1 aliphatic heterocycles. The predicted molar refractivity (Wildman–Crippen MR) is 103 cm³/mol. The van der Waals surface area contributed by atoms with Gasteiger partial charge in [-0.15, -0.1) is 11.3 Å². The molecule has 0 amide bonds. The zero-order valence-electron chi connectivity index (χ0n) is 14.7. The first-order valence-electron chi connectivity index (χ1n) is 9.54. The largest absolute Gasteiger partial charge is 0.464 e. The molecule has 5 nitrogen and oxygen atoms in total. The normalized spacial score (nSPS) is 24.0. The zero-order chi connectivity index (χ0) is 17.5. The third-order valence-electron chi connectivity index (χ3n) is 6.03. The van der Waals surface area contributed by atoms with Gasteiger partial charge in [0.2, 0.25) is 0 Å². The van der Waals surface area contributed by atoms with Crippen molar-refractivity contribution in [3.05, 3.63) is 40.0 Å². The predicted octanol–water partition coefficient (Wildman–Crippen LogP) is 4.26. The van der Waals surface area contributed by atoms with Crippen molar-refractivity contribution in [3.8, 4) is 11.3 Å². The van der Waals surface area contributed by atoms with E-state index < -0.39 is 0 Å². The van der Waals surface area contributed by atoms with Gasteiger partial charge in [-0.2, -0.15) is 0 Å². The quantitative estimate of drug-likeness (QED) is 0.749. The fraction of sp³-hybridized carbons (Fsp3) is 0.500. The van der Waals surface area contributed by atoms with Crippen molar-refractivity contribution in [2.24, 2.45) is 11.8 Å². The van der Waals surface area contributed by atoms with Gasteiger partial charge in [-0.1, -0.05) is 19.3 Å². The highest BCUT2D eigenvalue weighted by molar-refractivity contribution is 7.17. The lowest BCUT2D eigenvalue weighted by atomic mass is 9.75. The highest BCUT2D eigenvalue weighted by Gasteiger charge is 2.31. The van der Waals surface area contributed by atoms with Gasteiger partial charge in [0.15, 0.2) is 0 Å². The Labute approximate surface area is 156 Å². The molecule has 1 saturated carbocycles. The van der Waals surface area contributed by atoms with Gasteiger partial charge in [0.25, 0.3) is 5.56 Å². The van der Waals surface area contributed by atoms with Crippen molar-refractivity contribution >= 4 is 21.6 Å². The summed E-state index contributed by atoms with van der Waals surface area (Å²) < 4.78 is 5.46. The van der Waals surface area contributed by atoms with Crippen LogP contribution in [0.25, 0.3) is 21.5 Å². The number of rotatable bonds is 3. The van der Waals surface area contributed by atoms with Crippen LogP contribution in [0.15, 0.2) is 33.0 Å². The van der Waals surface area contributed by atoms with Crippen LogP contribution in [0.1, 0.15) is 37.9 Å². The first-order valence-corrected chi connectivity index (χ1v) is 10.4. The van der Waals surface area contributed by atoms with E-state index in [1.54, 1.807) is 6.26 Å². The average molecular weight is 369 g/mol. The lowest BCUT2D eigenvalue weighted by molar-refractivity contribution is 0.0803. The van der Waals surface area contributed by atoms with Crippen LogP contribution in [-0.4, -0.2) is 28.0 Å². The summed E-state index contributed by atoms with van der Waals surface area (Å²) in [6.07, 6.45) is 8.47. The fourth-order valence-corrected chi connectivity index (χ4v) is 5.66. The van der Waals surface area contributed by atoms with Crippen LogP contribution in [-0.2, 0) is 6.54 Å². The third kappa shape index (κ3) is 2.91. The number of thiophene rings is 1. The van der Waals surface area contributed by atoms with Gasteiger partial charge in [0.1, 0.15) is 16.4 Å². The number of fused-ring (bicyclic) bond motifs is 2. The van der Waals surface area contributed by atoms with Crippen molar-refractivity contribution < 1.29 is 4.42 Å². The van der Waals surface area contributed by atoms with Gasteiger partial charge in [0.05, 0.1) is 18.2 Å². The van der Waals surface area contributed by atoms with Crippen molar-refractivity contribution in [1.29, 1.82) is 0 Å². The summed E-state index contributed by atoms with van der Waals surface area (Å²) >= 11 is 1.51. The number of likely N-dealkylation sites (tertiary alicyclic amines) is 1. The molecule has 1 N–H and O–H groups in total. The monoisotopic (exact) mass is 369 g/mol. The summed E-state index contributed by atoms with van der Waals surface area (Å²) in [6, 6.07) is 3.72. The molecule has 0 spiro atoms. The maximum atomic E-state index is 12.7. The Balaban J connectivity index is 1.39. The van der Waals surface area contributed by atoms with Crippen molar-refractivity contribution in [2.75, 3.05) is 13.1 Å². The highest BCUT2D eigenvalue weighted by Crippen LogP contribution is 2.36. The molecule has 0 radical (unpaired) electrons. The van der Waals surface area contributed by atoms with Crippen LogP contribution in [0.2, 0.25) is 0 Å². The number of aromatic amines is 1. The Morgan fingerprint density at radius 1 is 1.27 bits per heavy atom. The number of H-pyrrole nitrogens is 1. The van der Waals surface area contributed by atoms with E-state index in [0.717, 1.165) is 53.4 Å². The zero-order valence-corrected chi connectivity index (χ0v) is 15.6. The summed E-state index contributed by atoms with van der Waals surface area (Å²) in [5, 5.41) is 2.60. The van der Waals surface area contributed by atoms with E-state index in [-0.39, 0.29) is 5.56 Å². The minimum absolute atomic E-state index is 0.0646. The van der Waals surface area contributed by atoms with Gasteiger partial charge in [-0.3, -0.25) is 9.69 Å². The minimum Gasteiger partial charge on any atom is -0.464 e. The summed E-state index contributed by atoms with van der Waals surface area (Å²) in [5.74, 6) is 3.25. The summed E-state index contributed by atoms with van der Waals surface area (Å²) in [4.78, 5) is 23.7. The molecule has 6 heteroatoms. The average Bonchev–Trinajstić information content (AvgIpc) is 3.31. The molecule has 1 saturated heterocycles. The van der Waals surface area contributed by atoms with Gasteiger partial charge >= 0.3 is 0 Å². The van der Waals surface area contributed by atoms with Crippen LogP contribution in [0.5, 0.6) is 0 Å².